The first kappa shape index (κ1) is 45.5. The lowest BCUT2D eigenvalue weighted by Gasteiger charge is -2.34. The second-order valence-corrected chi connectivity index (χ2v) is 18.6. The summed E-state index contributed by atoms with van der Waals surface area (Å²) in [6.07, 6.45) is 3.23. The lowest BCUT2D eigenvalue weighted by atomic mass is 10.1. The fourth-order valence-electron chi connectivity index (χ4n) is 7.70. The van der Waals surface area contributed by atoms with Crippen LogP contribution in [0.15, 0.2) is 46.2 Å². The average Bonchev–Trinajstić information content (AvgIpc) is 3.28. The van der Waals surface area contributed by atoms with E-state index in [1.807, 2.05) is 6.07 Å². The van der Waals surface area contributed by atoms with E-state index in [2.05, 4.69) is 83.1 Å². The number of likely N-dealkylation sites (N-methyl/N-ethyl adjacent to an activating group) is 4. The third kappa shape index (κ3) is 11.6. The highest BCUT2D eigenvalue weighted by Gasteiger charge is 2.25. The summed E-state index contributed by atoms with van der Waals surface area (Å²) >= 11 is 0.745. The smallest absolute Gasteiger partial charge is 0.295 e. The minimum absolute atomic E-state index is 0.218. The quantitative estimate of drug-likeness (QED) is 0.0469. The molecule has 4 aliphatic heterocycles. The predicted molar refractivity (Wildman–Crippen MR) is 247 cm³/mol. The SMILES string of the molecule is CN1CCN(c2nc(Nc3ccc(C=Cc4ccc(Nc5nc(N6CCN(C)CC6)nc(N6CCN(C)CC6)n5)cc4S(=O)(=O)O)c(SOOO)c3)nc(N3CCN(C)CC3)n2)CC1. The molecule has 64 heavy (non-hydrogen) atoms. The lowest BCUT2D eigenvalue weighted by molar-refractivity contribution is -0.432. The molecule has 8 rings (SSSR count). The molecule has 0 amide bonds. The molecule has 22 nitrogen and oxygen atoms in total. The summed E-state index contributed by atoms with van der Waals surface area (Å²) in [6.45, 7) is 13.2. The first-order valence-corrected chi connectivity index (χ1v) is 23.4. The van der Waals surface area contributed by atoms with Crippen LogP contribution in [0.5, 0.6) is 0 Å². The Morgan fingerprint density at radius 2 is 0.906 bits per heavy atom. The van der Waals surface area contributed by atoms with Crippen LogP contribution < -0.4 is 30.2 Å². The topological polar surface area (TPSA) is 220 Å². The molecular formula is C40H56N16O6S2. The van der Waals surface area contributed by atoms with Crippen molar-refractivity contribution < 1.29 is 27.6 Å². The van der Waals surface area contributed by atoms with Gasteiger partial charge in [-0.25, -0.2) is 5.26 Å². The maximum atomic E-state index is 12.9. The monoisotopic (exact) mass is 920 g/mol. The van der Waals surface area contributed by atoms with E-state index in [-0.39, 0.29) is 16.4 Å². The number of rotatable bonds is 14. The highest BCUT2D eigenvalue weighted by Crippen LogP contribution is 2.32. The van der Waals surface area contributed by atoms with Crippen LogP contribution in [0, 0.1) is 0 Å². The Morgan fingerprint density at radius 1 is 0.547 bits per heavy atom. The van der Waals surface area contributed by atoms with E-state index in [0.717, 1.165) is 117 Å². The second-order valence-electron chi connectivity index (χ2n) is 16.5. The molecule has 2 aromatic carbocycles. The number of nitrogens with one attached hydrogen (secondary N) is 2. The van der Waals surface area contributed by atoms with E-state index in [1.165, 1.54) is 6.07 Å². The average molecular weight is 921 g/mol. The maximum absolute atomic E-state index is 12.9. The van der Waals surface area contributed by atoms with Crippen LogP contribution in [0.3, 0.4) is 0 Å². The van der Waals surface area contributed by atoms with Crippen molar-refractivity contribution in [1.29, 1.82) is 0 Å². The van der Waals surface area contributed by atoms with Crippen LogP contribution >= 0.6 is 12.0 Å². The van der Waals surface area contributed by atoms with Gasteiger partial charge < -0.3 is 49.8 Å². The number of hydrogen-bond acceptors (Lipinski definition) is 22. The van der Waals surface area contributed by atoms with Crippen molar-refractivity contribution in [1.82, 2.24) is 49.5 Å². The number of aromatic nitrogens is 6. The highest BCUT2D eigenvalue weighted by atomic mass is 32.2. The van der Waals surface area contributed by atoms with E-state index < -0.39 is 10.1 Å². The van der Waals surface area contributed by atoms with Crippen LogP contribution in [-0.4, -0.2) is 201 Å². The zero-order valence-corrected chi connectivity index (χ0v) is 38.2. The number of nitrogens with zero attached hydrogens (tertiary/aromatic N) is 14. The van der Waals surface area contributed by atoms with E-state index >= 15 is 0 Å². The van der Waals surface area contributed by atoms with E-state index in [0.29, 0.717) is 51.6 Å². The van der Waals surface area contributed by atoms with Gasteiger partial charge in [-0.2, -0.15) is 38.3 Å². The number of piperazine rings is 4. The van der Waals surface area contributed by atoms with Gasteiger partial charge in [0.25, 0.3) is 10.1 Å². The summed E-state index contributed by atoms with van der Waals surface area (Å²) in [4.78, 5) is 46.7. The number of benzene rings is 2. The van der Waals surface area contributed by atoms with Gasteiger partial charge in [-0.05, 0) is 63.6 Å². The Bertz CT molecular complexity index is 2290. The summed E-state index contributed by atoms with van der Waals surface area (Å²) in [5, 5.41) is 19.5. The van der Waals surface area contributed by atoms with Gasteiger partial charge in [0.2, 0.25) is 35.7 Å². The first-order chi connectivity index (χ1) is 30.9. The van der Waals surface area contributed by atoms with E-state index in [1.54, 1.807) is 36.4 Å². The van der Waals surface area contributed by atoms with Crippen LogP contribution in [0.1, 0.15) is 11.1 Å². The Labute approximate surface area is 377 Å². The predicted octanol–water partition coefficient (Wildman–Crippen LogP) is 2.40. The maximum Gasteiger partial charge on any atom is 0.295 e. The van der Waals surface area contributed by atoms with Crippen LogP contribution in [0.4, 0.5) is 47.1 Å². The minimum Gasteiger partial charge on any atom is -0.338 e. The van der Waals surface area contributed by atoms with Crippen molar-refractivity contribution in [2.24, 2.45) is 0 Å². The van der Waals surface area contributed by atoms with Gasteiger partial charge in [0, 0.05) is 121 Å². The molecule has 0 bridgehead atoms. The molecule has 0 saturated carbocycles. The molecule has 6 heterocycles. The Morgan fingerprint density at radius 3 is 1.28 bits per heavy atom. The molecule has 4 fully saturated rings. The fraction of sp³-hybridized carbons (Fsp3) is 0.500. The zero-order chi connectivity index (χ0) is 44.8. The summed E-state index contributed by atoms with van der Waals surface area (Å²) in [6, 6.07) is 9.98. The molecule has 0 atom stereocenters. The van der Waals surface area contributed by atoms with Crippen molar-refractivity contribution in [2.45, 2.75) is 9.79 Å². The van der Waals surface area contributed by atoms with Gasteiger partial charge in [0.05, 0.1) is 12.0 Å². The fourth-order valence-corrected chi connectivity index (χ4v) is 8.92. The van der Waals surface area contributed by atoms with Gasteiger partial charge in [0.1, 0.15) is 4.90 Å². The normalized spacial score (nSPS) is 18.9. The lowest BCUT2D eigenvalue weighted by Crippen LogP contribution is -2.46. The second kappa shape index (κ2) is 20.4. The highest BCUT2D eigenvalue weighted by molar-refractivity contribution is 7.94. The Hall–Kier alpha value is -5.02. The molecule has 0 unspecified atom stereocenters. The van der Waals surface area contributed by atoms with Crippen LogP contribution in [-0.2, 0) is 19.5 Å². The zero-order valence-electron chi connectivity index (χ0n) is 36.5. The molecular weight excluding hydrogens is 865 g/mol. The van der Waals surface area contributed by atoms with Gasteiger partial charge in [-0.3, -0.25) is 4.55 Å². The van der Waals surface area contributed by atoms with Crippen LogP contribution in [0.25, 0.3) is 12.2 Å². The van der Waals surface area contributed by atoms with Gasteiger partial charge in [0.15, 0.2) is 0 Å². The summed E-state index contributed by atoms with van der Waals surface area (Å²) in [7, 11) is 3.66. The van der Waals surface area contributed by atoms with Crippen molar-refractivity contribution in [3.63, 3.8) is 0 Å². The van der Waals surface area contributed by atoms with Crippen molar-refractivity contribution in [3.05, 3.63) is 47.5 Å². The van der Waals surface area contributed by atoms with E-state index in [4.69, 9.17) is 39.5 Å². The Balaban J connectivity index is 1.04. The molecule has 0 radical (unpaired) electrons. The summed E-state index contributed by atoms with van der Waals surface area (Å²) < 4.78 is 41.1. The van der Waals surface area contributed by atoms with Gasteiger partial charge in [-0.1, -0.05) is 29.3 Å². The largest absolute Gasteiger partial charge is 0.338 e. The molecule has 0 aliphatic carbocycles. The molecule has 4 aromatic rings. The molecule has 0 spiro atoms. The van der Waals surface area contributed by atoms with Crippen molar-refractivity contribution in [3.8, 4) is 0 Å². The van der Waals surface area contributed by atoms with Gasteiger partial charge >= 0.3 is 0 Å². The molecule has 4 aliphatic rings. The Kier molecular flexibility index (Phi) is 14.5. The summed E-state index contributed by atoms with van der Waals surface area (Å²) in [5.74, 6) is 2.90. The molecule has 2 aromatic heterocycles. The molecule has 344 valence electrons. The number of anilines is 8. The van der Waals surface area contributed by atoms with Crippen molar-refractivity contribution in [2.75, 3.05) is 163 Å². The third-order valence-electron chi connectivity index (χ3n) is 11.8. The van der Waals surface area contributed by atoms with Crippen LogP contribution in [0.2, 0.25) is 0 Å². The standard InChI is InChI=1S/C40H56N16O6S2/c1-49-11-19-53(20-12-49)37-43-35(44-38(47-37)54-21-13-50(2)14-22-54)41-31-9-7-29(33(27-31)63-62-61-57)5-6-30-8-10-32(28-34(30)64(58,59)60)42-36-45-39(55-23-15-51(3)16-24-55)48-40(46-36)56-25-17-52(4)18-26-56/h5-10,27-28,57H,11-26H2,1-4H3,(H,58,59,60)(H,41,43,44,47)(H,42,45,46,48). The molecule has 24 heteroatoms. The molecule has 4 N–H and O–H groups in total. The molecule has 4 saturated heterocycles. The van der Waals surface area contributed by atoms with E-state index in [9.17, 15) is 13.0 Å². The third-order valence-corrected chi connectivity index (χ3v) is 13.4. The first-order valence-electron chi connectivity index (χ1n) is 21.3. The number of hydrogen-bond donors (Lipinski definition) is 4. The van der Waals surface area contributed by atoms with Gasteiger partial charge in [-0.15, -0.1) is 4.33 Å². The minimum atomic E-state index is -4.70. The summed E-state index contributed by atoms with van der Waals surface area (Å²) in [5.41, 5.74) is 1.77. The van der Waals surface area contributed by atoms with Crippen molar-refractivity contribution >= 4 is 81.4 Å².